The Morgan fingerprint density at radius 2 is 1.84 bits per heavy atom. The highest BCUT2D eigenvalue weighted by Gasteiger charge is 2.26. The number of H-pyrrole nitrogens is 1. The maximum atomic E-state index is 13.0. The molecule has 1 saturated heterocycles. The summed E-state index contributed by atoms with van der Waals surface area (Å²) in [4.78, 5) is 30.3. The lowest BCUT2D eigenvalue weighted by atomic mass is 9.84. The Balaban J connectivity index is 1.45. The fourth-order valence-corrected chi connectivity index (χ4v) is 4.48. The van der Waals surface area contributed by atoms with Crippen molar-refractivity contribution >= 4 is 28.7 Å². The molecule has 7 nitrogen and oxygen atoms in total. The summed E-state index contributed by atoms with van der Waals surface area (Å²) >= 11 is 0. The van der Waals surface area contributed by atoms with Crippen molar-refractivity contribution in [3.63, 3.8) is 0 Å². The molecule has 3 aromatic rings. The SMILES string of the molecule is Cc1cc(C2CCN(C(=O)c3ccc4[nH]ccc4c3)CC2)c(C)cc1C(=O)NC(=N)N. The van der Waals surface area contributed by atoms with Crippen LogP contribution in [0.25, 0.3) is 10.9 Å². The van der Waals surface area contributed by atoms with Crippen LogP contribution in [-0.2, 0) is 0 Å². The van der Waals surface area contributed by atoms with E-state index in [1.807, 2.05) is 55.3 Å². The van der Waals surface area contributed by atoms with Gasteiger partial charge in [-0.25, -0.2) is 0 Å². The highest BCUT2D eigenvalue weighted by atomic mass is 16.2. The number of carbonyl (C=O) groups excluding carboxylic acids is 2. The Labute approximate surface area is 181 Å². The molecule has 2 aromatic carbocycles. The Morgan fingerprint density at radius 3 is 2.55 bits per heavy atom. The third-order valence-corrected chi connectivity index (χ3v) is 6.13. The number of fused-ring (bicyclic) bond motifs is 1. The fourth-order valence-electron chi connectivity index (χ4n) is 4.48. The van der Waals surface area contributed by atoms with E-state index in [1.165, 1.54) is 5.56 Å². The predicted octanol–water partition coefficient (Wildman–Crippen LogP) is 3.43. The predicted molar refractivity (Wildman–Crippen MR) is 121 cm³/mol. The third kappa shape index (κ3) is 4.17. The smallest absolute Gasteiger partial charge is 0.258 e. The minimum atomic E-state index is -0.362. The molecule has 0 spiro atoms. The first kappa shape index (κ1) is 20.7. The van der Waals surface area contributed by atoms with E-state index in [2.05, 4.69) is 16.4 Å². The molecule has 31 heavy (non-hydrogen) atoms. The van der Waals surface area contributed by atoms with E-state index in [0.717, 1.165) is 40.4 Å². The van der Waals surface area contributed by atoms with Gasteiger partial charge in [0.2, 0.25) is 0 Å². The van der Waals surface area contributed by atoms with Crippen molar-refractivity contribution < 1.29 is 9.59 Å². The van der Waals surface area contributed by atoms with Crippen LogP contribution in [0, 0.1) is 19.3 Å². The van der Waals surface area contributed by atoms with Gasteiger partial charge in [-0.3, -0.25) is 20.3 Å². The van der Waals surface area contributed by atoms with Gasteiger partial charge in [0.25, 0.3) is 11.8 Å². The molecule has 2 heterocycles. The van der Waals surface area contributed by atoms with E-state index < -0.39 is 0 Å². The van der Waals surface area contributed by atoms with Crippen molar-refractivity contribution in [1.29, 1.82) is 5.41 Å². The number of amides is 2. The summed E-state index contributed by atoms with van der Waals surface area (Å²) in [5.74, 6) is -0.302. The standard InChI is InChI=1S/C24H27N5O2/c1-14-12-20(22(30)28-24(25)26)15(2)11-19(14)16-6-9-29(10-7-16)23(31)18-3-4-21-17(13-18)5-8-27-21/h3-5,8,11-13,16,27H,6-7,9-10H2,1-2H3,(H4,25,26,28,30). The quantitative estimate of drug-likeness (QED) is 0.386. The van der Waals surface area contributed by atoms with Crippen LogP contribution < -0.4 is 11.1 Å². The van der Waals surface area contributed by atoms with Gasteiger partial charge < -0.3 is 15.6 Å². The number of likely N-dealkylation sites (tertiary alicyclic amines) is 1. The van der Waals surface area contributed by atoms with Crippen LogP contribution >= 0.6 is 0 Å². The van der Waals surface area contributed by atoms with E-state index in [9.17, 15) is 9.59 Å². The van der Waals surface area contributed by atoms with E-state index in [0.29, 0.717) is 24.6 Å². The van der Waals surface area contributed by atoms with Gasteiger partial charge in [0.05, 0.1) is 0 Å². The van der Waals surface area contributed by atoms with Gasteiger partial charge in [-0.05, 0) is 79.6 Å². The molecule has 0 aliphatic carbocycles. The van der Waals surface area contributed by atoms with Crippen molar-refractivity contribution in [3.05, 3.63) is 70.4 Å². The molecule has 1 aliphatic rings. The highest BCUT2D eigenvalue weighted by molar-refractivity contribution is 6.05. The van der Waals surface area contributed by atoms with E-state index >= 15 is 0 Å². The average Bonchev–Trinajstić information content (AvgIpc) is 3.22. The Bertz CT molecular complexity index is 1170. The average molecular weight is 418 g/mol. The van der Waals surface area contributed by atoms with Crippen LogP contribution in [-0.4, -0.2) is 40.7 Å². The van der Waals surface area contributed by atoms with Gasteiger partial charge in [-0.2, -0.15) is 0 Å². The van der Waals surface area contributed by atoms with E-state index in [-0.39, 0.29) is 17.8 Å². The maximum absolute atomic E-state index is 13.0. The minimum Gasteiger partial charge on any atom is -0.370 e. The first-order chi connectivity index (χ1) is 14.8. The summed E-state index contributed by atoms with van der Waals surface area (Å²) in [5.41, 5.74) is 10.7. The van der Waals surface area contributed by atoms with Gasteiger partial charge in [-0.15, -0.1) is 0 Å². The number of rotatable bonds is 3. The van der Waals surface area contributed by atoms with Gasteiger partial charge in [0, 0.05) is 41.3 Å². The fraction of sp³-hybridized carbons (Fsp3) is 0.292. The summed E-state index contributed by atoms with van der Waals surface area (Å²) in [6.07, 6.45) is 3.65. The molecule has 0 bridgehead atoms. The van der Waals surface area contributed by atoms with Crippen molar-refractivity contribution in [2.45, 2.75) is 32.6 Å². The van der Waals surface area contributed by atoms with Crippen LogP contribution in [0.5, 0.6) is 0 Å². The number of benzene rings is 2. The van der Waals surface area contributed by atoms with Crippen LogP contribution in [0.2, 0.25) is 0 Å². The summed E-state index contributed by atoms with van der Waals surface area (Å²) in [5, 5.41) is 10.6. The lowest BCUT2D eigenvalue weighted by molar-refractivity contribution is 0.0712. The molecule has 4 rings (SSSR count). The van der Waals surface area contributed by atoms with Crippen LogP contribution in [0.4, 0.5) is 0 Å². The largest absolute Gasteiger partial charge is 0.370 e. The number of hydrogen-bond donors (Lipinski definition) is 4. The Morgan fingerprint density at radius 1 is 1.10 bits per heavy atom. The molecule has 160 valence electrons. The van der Waals surface area contributed by atoms with Crippen molar-refractivity contribution in [1.82, 2.24) is 15.2 Å². The lowest BCUT2D eigenvalue weighted by Crippen LogP contribution is -2.38. The first-order valence-electron chi connectivity index (χ1n) is 10.5. The van der Waals surface area contributed by atoms with E-state index in [1.54, 1.807) is 0 Å². The molecule has 1 aromatic heterocycles. The molecular weight excluding hydrogens is 390 g/mol. The number of guanidine groups is 1. The van der Waals surface area contributed by atoms with Crippen molar-refractivity contribution in [2.24, 2.45) is 5.73 Å². The van der Waals surface area contributed by atoms with Crippen LogP contribution in [0.3, 0.4) is 0 Å². The van der Waals surface area contributed by atoms with Gasteiger partial charge in [0.1, 0.15) is 0 Å². The molecule has 1 fully saturated rings. The van der Waals surface area contributed by atoms with Crippen LogP contribution in [0.15, 0.2) is 42.6 Å². The second-order valence-electron chi connectivity index (χ2n) is 8.24. The zero-order valence-corrected chi connectivity index (χ0v) is 17.8. The molecule has 0 radical (unpaired) electrons. The number of nitrogens with two attached hydrogens (primary N) is 1. The molecule has 0 saturated carbocycles. The Hall–Kier alpha value is -3.61. The second-order valence-corrected chi connectivity index (χ2v) is 8.24. The number of aromatic amines is 1. The molecule has 7 heteroatoms. The monoisotopic (exact) mass is 417 g/mol. The number of nitrogens with zero attached hydrogens (tertiary/aromatic N) is 1. The number of nitrogens with one attached hydrogen (secondary N) is 3. The maximum Gasteiger partial charge on any atom is 0.258 e. The number of hydrogen-bond acceptors (Lipinski definition) is 3. The summed E-state index contributed by atoms with van der Waals surface area (Å²) in [7, 11) is 0. The normalized spacial score (nSPS) is 14.6. The molecule has 5 N–H and O–H groups in total. The minimum absolute atomic E-state index is 0.0747. The zero-order chi connectivity index (χ0) is 22.1. The molecule has 1 aliphatic heterocycles. The van der Waals surface area contributed by atoms with Gasteiger partial charge in [0.15, 0.2) is 5.96 Å². The molecular formula is C24H27N5O2. The van der Waals surface area contributed by atoms with Crippen LogP contribution in [0.1, 0.15) is 56.2 Å². The second kappa shape index (κ2) is 8.26. The summed E-state index contributed by atoms with van der Waals surface area (Å²) in [6.45, 7) is 5.32. The zero-order valence-electron chi connectivity index (χ0n) is 17.8. The molecule has 0 atom stereocenters. The Kier molecular flexibility index (Phi) is 5.50. The van der Waals surface area contributed by atoms with Gasteiger partial charge in [-0.1, -0.05) is 6.07 Å². The summed E-state index contributed by atoms with van der Waals surface area (Å²) < 4.78 is 0. The van der Waals surface area contributed by atoms with Crippen molar-refractivity contribution in [3.8, 4) is 0 Å². The number of aryl methyl sites for hydroxylation is 2. The number of aromatic nitrogens is 1. The summed E-state index contributed by atoms with van der Waals surface area (Å²) in [6, 6.07) is 11.7. The topological polar surface area (TPSA) is 115 Å². The van der Waals surface area contributed by atoms with Crippen molar-refractivity contribution in [2.75, 3.05) is 13.1 Å². The first-order valence-corrected chi connectivity index (χ1v) is 10.5. The lowest BCUT2D eigenvalue weighted by Gasteiger charge is -2.33. The van der Waals surface area contributed by atoms with E-state index in [4.69, 9.17) is 11.1 Å². The third-order valence-electron chi connectivity index (χ3n) is 6.13. The molecule has 0 unspecified atom stereocenters. The number of carbonyl (C=O) groups is 2. The highest BCUT2D eigenvalue weighted by Crippen LogP contribution is 2.32. The molecule has 2 amide bonds. The number of piperidine rings is 1. The van der Waals surface area contributed by atoms with Gasteiger partial charge >= 0.3 is 0 Å².